The molecule has 0 aromatic carbocycles. The summed E-state index contributed by atoms with van der Waals surface area (Å²) in [6.07, 6.45) is -0.598. The van der Waals surface area contributed by atoms with E-state index in [0.717, 1.165) is 18.3 Å². The first-order valence-corrected chi connectivity index (χ1v) is 3.11. The summed E-state index contributed by atoms with van der Waals surface area (Å²) in [7, 11) is 0. The Morgan fingerprint density at radius 2 is 2.31 bits per heavy atom. The van der Waals surface area contributed by atoms with Gasteiger partial charge in [-0.15, -0.1) is 0 Å². The highest BCUT2D eigenvalue weighted by molar-refractivity contribution is 5.60. The Hall–Kier alpha value is -2.18. The van der Waals surface area contributed by atoms with Crippen molar-refractivity contribution in [2.24, 2.45) is 0 Å². The summed E-state index contributed by atoms with van der Waals surface area (Å²) in [4.78, 5) is 22.9. The van der Waals surface area contributed by atoms with Gasteiger partial charge in [-0.1, -0.05) is 0 Å². The molecule has 68 valence electrons. The Kier molecular flexibility index (Phi) is 2.38. The summed E-state index contributed by atoms with van der Waals surface area (Å²) < 4.78 is 4.13. The van der Waals surface area contributed by atoms with Gasteiger partial charge < -0.3 is 9.84 Å². The third-order valence-electron chi connectivity index (χ3n) is 1.12. The van der Waals surface area contributed by atoms with E-state index in [4.69, 9.17) is 5.11 Å². The molecule has 0 atom stereocenters. The van der Waals surface area contributed by atoms with E-state index >= 15 is 0 Å². The maximum Gasteiger partial charge on any atom is 0.512 e. The van der Waals surface area contributed by atoms with Crippen molar-refractivity contribution in [3.63, 3.8) is 0 Å². The van der Waals surface area contributed by atoms with Crippen molar-refractivity contribution in [2.75, 3.05) is 0 Å². The second kappa shape index (κ2) is 3.48. The van der Waals surface area contributed by atoms with Crippen LogP contribution in [0.3, 0.4) is 0 Å². The maximum absolute atomic E-state index is 10.1. The molecule has 0 saturated heterocycles. The van der Waals surface area contributed by atoms with Crippen LogP contribution in [0, 0.1) is 10.1 Å². The van der Waals surface area contributed by atoms with Gasteiger partial charge in [-0.05, 0) is 0 Å². The molecule has 1 N–H and O–H groups in total. The second-order valence-electron chi connectivity index (χ2n) is 1.98. The average molecular weight is 184 g/mol. The zero-order valence-electron chi connectivity index (χ0n) is 6.21. The monoisotopic (exact) mass is 184 g/mol. The van der Waals surface area contributed by atoms with Crippen molar-refractivity contribution in [1.82, 2.24) is 4.98 Å². The molecule has 0 aliphatic heterocycles. The smallest absolute Gasteiger partial charge is 0.449 e. The number of carboxylic acid groups (broad SMARTS) is 1. The number of nitro groups is 1. The third-order valence-corrected chi connectivity index (χ3v) is 1.12. The lowest BCUT2D eigenvalue weighted by Crippen LogP contribution is -2.04. The average Bonchev–Trinajstić information content (AvgIpc) is 2.04. The van der Waals surface area contributed by atoms with Crippen LogP contribution in [-0.2, 0) is 0 Å². The molecule has 0 aliphatic rings. The molecular weight excluding hydrogens is 180 g/mol. The van der Waals surface area contributed by atoms with Crippen molar-refractivity contribution in [2.45, 2.75) is 0 Å². The summed E-state index contributed by atoms with van der Waals surface area (Å²) in [5, 5.41) is 18.3. The zero-order valence-corrected chi connectivity index (χ0v) is 6.21. The van der Waals surface area contributed by atoms with Gasteiger partial charge in [0, 0.05) is 12.1 Å². The lowest BCUT2D eigenvalue weighted by Gasteiger charge is -1.96. The van der Waals surface area contributed by atoms with E-state index in [1.165, 1.54) is 0 Å². The standard InChI is InChI=1S/C6H4N2O5/c9-6(10)13-5-2-1-4(3-7-5)8(11)12/h1-3H,(H,9,10). The van der Waals surface area contributed by atoms with Gasteiger partial charge >= 0.3 is 6.16 Å². The highest BCUT2D eigenvalue weighted by Crippen LogP contribution is 2.13. The lowest BCUT2D eigenvalue weighted by atomic mass is 10.4. The minimum absolute atomic E-state index is 0.196. The van der Waals surface area contributed by atoms with E-state index in [2.05, 4.69) is 9.72 Å². The fourth-order valence-corrected chi connectivity index (χ4v) is 0.630. The third kappa shape index (κ3) is 2.40. The Balaban J connectivity index is 2.81. The molecule has 1 rings (SSSR count). The van der Waals surface area contributed by atoms with Crippen LogP contribution in [0.1, 0.15) is 0 Å². The number of rotatable bonds is 2. The molecule has 1 aromatic heterocycles. The molecule has 7 nitrogen and oxygen atoms in total. The van der Waals surface area contributed by atoms with Crippen LogP contribution in [0.2, 0.25) is 0 Å². The second-order valence-corrected chi connectivity index (χ2v) is 1.98. The van der Waals surface area contributed by atoms with Crippen LogP contribution < -0.4 is 4.74 Å². The van der Waals surface area contributed by atoms with Crippen molar-refractivity contribution < 1.29 is 19.6 Å². The molecule has 0 amide bonds. The maximum atomic E-state index is 10.1. The first-order valence-electron chi connectivity index (χ1n) is 3.11. The fraction of sp³-hybridized carbons (Fsp3) is 0. The number of pyridine rings is 1. The van der Waals surface area contributed by atoms with Crippen LogP contribution >= 0.6 is 0 Å². The van der Waals surface area contributed by atoms with E-state index in [9.17, 15) is 14.9 Å². The fourth-order valence-electron chi connectivity index (χ4n) is 0.630. The van der Waals surface area contributed by atoms with Gasteiger partial charge in [0.2, 0.25) is 5.88 Å². The molecule has 1 heterocycles. The Morgan fingerprint density at radius 1 is 1.62 bits per heavy atom. The van der Waals surface area contributed by atoms with Crippen molar-refractivity contribution in [1.29, 1.82) is 0 Å². The SMILES string of the molecule is O=C(O)Oc1ccc([N+](=O)[O-])cn1. The molecule has 0 bridgehead atoms. The summed E-state index contributed by atoms with van der Waals surface area (Å²) >= 11 is 0. The summed E-state index contributed by atoms with van der Waals surface area (Å²) in [6, 6.07) is 2.21. The number of ether oxygens (including phenoxy) is 1. The number of hydrogen-bond donors (Lipinski definition) is 1. The molecule has 1 aromatic rings. The molecule has 0 spiro atoms. The lowest BCUT2D eigenvalue weighted by molar-refractivity contribution is -0.385. The number of aromatic nitrogens is 1. The molecule has 13 heavy (non-hydrogen) atoms. The zero-order chi connectivity index (χ0) is 9.84. The van der Waals surface area contributed by atoms with E-state index in [-0.39, 0.29) is 11.6 Å². The highest BCUT2D eigenvalue weighted by Gasteiger charge is 2.07. The van der Waals surface area contributed by atoms with E-state index in [0.29, 0.717) is 0 Å². The van der Waals surface area contributed by atoms with Crippen molar-refractivity contribution in [3.05, 3.63) is 28.4 Å². The minimum atomic E-state index is -1.51. The van der Waals surface area contributed by atoms with Gasteiger partial charge in [0.1, 0.15) is 6.20 Å². The Morgan fingerprint density at radius 3 is 2.69 bits per heavy atom. The van der Waals surface area contributed by atoms with E-state index in [1.807, 2.05) is 0 Å². The van der Waals surface area contributed by atoms with E-state index < -0.39 is 11.1 Å². The predicted molar refractivity (Wildman–Crippen MR) is 39.5 cm³/mol. The van der Waals surface area contributed by atoms with Gasteiger partial charge in [0.15, 0.2) is 0 Å². The van der Waals surface area contributed by atoms with Crippen LogP contribution in [0.5, 0.6) is 5.88 Å². The van der Waals surface area contributed by atoms with Gasteiger partial charge in [0.25, 0.3) is 5.69 Å². The molecular formula is C6H4N2O5. The van der Waals surface area contributed by atoms with E-state index in [1.54, 1.807) is 0 Å². The highest BCUT2D eigenvalue weighted by atomic mass is 16.7. The largest absolute Gasteiger partial charge is 0.512 e. The number of hydrogen-bond acceptors (Lipinski definition) is 5. The van der Waals surface area contributed by atoms with Crippen LogP contribution in [-0.4, -0.2) is 21.2 Å². The normalized spacial score (nSPS) is 9.23. The number of carbonyl (C=O) groups is 1. The summed E-state index contributed by atoms with van der Waals surface area (Å²) in [5.74, 6) is -0.196. The predicted octanol–water partition coefficient (Wildman–Crippen LogP) is 1.05. The Labute approximate surface area is 71.7 Å². The topological polar surface area (TPSA) is 103 Å². The van der Waals surface area contributed by atoms with Crippen LogP contribution in [0.15, 0.2) is 18.3 Å². The van der Waals surface area contributed by atoms with Crippen LogP contribution in [0.25, 0.3) is 0 Å². The summed E-state index contributed by atoms with van der Waals surface area (Å²) in [6.45, 7) is 0. The van der Waals surface area contributed by atoms with Crippen LogP contribution in [0.4, 0.5) is 10.5 Å². The molecule has 0 aliphatic carbocycles. The van der Waals surface area contributed by atoms with Crippen molar-refractivity contribution in [3.8, 4) is 5.88 Å². The minimum Gasteiger partial charge on any atom is -0.449 e. The quantitative estimate of drug-likeness (QED) is 0.418. The van der Waals surface area contributed by atoms with Gasteiger partial charge in [0.05, 0.1) is 4.92 Å². The molecule has 0 saturated carbocycles. The Bertz CT molecular complexity index is 333. The van der Waals surface area contributed by atoms with Gasteiger partial charge in [-0.3, -0.25) is 10.1 Å². The summed E-state index contributed by atoms with van der Waals surface area (Å²) in [5.41, 5.74) is -0.224. The molecule has 0 fully saturated rings. The first-order chi connectivity index (χ1) is 6.09. The molecule has 0 unspecified atom stereocenters. The number of nitrogens with zero attached hydrogens (tertiary/aromatic N) is 2. The van der Waals surface area contributed by atoms with Gasteiger partial charge in [-0.2, -0.15) is 0 Å². The van der Waals surface area contributed by atoms with Gasteiger partial charge in [-0.25, -0.2) is 9.78 Å². The first kappa shape index (κ1) is 8.91. The molecule has 7 heteroatoms. The molecule has 0 radical (unpaired) electrons. The van der Waals surface area contributed by atoms with Crippen molar-refractivity contribution >= 4 is 11.8 Å².